The molecule has 1 atom stereocenters. The third-order valence-electron chi connectivity index (χ3n) is 5.29. The van der Waals surface area contributed by atoms with Crippen molar-refractivity contribution in [3.63, 3.8) is 0 Å². The first-order valence-corrected chi connectivity index (χ1v) is 9.44. The van der Waals surface area contributed by atoms with E-state index in [-0.39, 0.29) is 11.9 Å². The van der Waals surface area contributed by atoms with Crippen molar-refractivity contribution in [2.45, 2.75) is 18.9 Å². The number of nitrogens with one attached hydrogen (secondary N) is 2. The molecule has 3 aromatic rings. The number of aromatic nitrogens is 1. The fourth-order valence-corrected chi connectivity index (χ4v) is 3.70. The number of aromatic amines is 1. The van der Waals surface area contributed by atoms with Gasteiger partial charge in [-0.2, -0.15) is 0 Å². The summed E-state index contributed by atoms with van der Waals surface area (Å²) in [5, 5.41) is 4.71. The van der Waals surface area contributed by atoms with Gasteiger partial charge in [0.1, 0.15) is 5.75 Å². The van der Waals surface area contributed by atoms with E-state index in [0.717, 1.165) is 30.8 Å². The second kappa shape index (κ2) is 7.84. The molecule has 5 heteroatoms. The molecule has 0 bridgehead atoms. The van der Waals surface area contributed by atoms with Crippen LogP contribution in [-0.2, 0) is 11.2 Å². The molecule has 0 spiro atoms. The minimum atomic E-state index is 0.171. The molecular formula is C22H25N3O2. The monoisotopic (exact) mass is 363 g/mol. The highest BCUT2D eigenvalue weighted by Crippen LogP contribution is 2.21. The van der Waals surface area contributed by atoms with Crippen molar-refractivity contribution in [2.24, 2.45) is 0 Å². The van der Waals surface area contributed by atoms with Crippen LogP contribution in [0, 0.1) is 0 Å². The minimum Gasteiger partial charge on any atom is -0.497 e. The molecule has 4 rings (SSSR count). The number of hydrogen-bond acceptors (Lipinski definition) is 3. The van der Waals surface area contributed by atoms with Gasteiger partial charge in [-0.1, -0.05) is 18.2 Å². The van der Waals surface area contributed by atoms with Crippen LogP contribution in [0.15, 0.2) is 54.7 Å². The quantitative estimate of drug-likeness (QED) is 0.731. The van der Waals surface area contributed by atoms with Crippen molar-refractivity contribution >= 4 is 16.8 Å². The smallest absolute Gasteiger partial charge is 0.223 e. The summed E-state index contributed by atoms with van der Waals surface area (Å²) in [4.78, 5) is 17.9. The van der Waals surface area contributed by atoms with Gasteiger partial charge in [-0.15, -0.1) is 0 Å². The largest absolute Gasteiger partial charge is 0.497 e. The van der Waals surface area contributed by atoms with Gasteiger partial charge in [0.05, 0.1) is 7.11 Å². The van der Waals surface area contributed by atoms with Crippen molar-refractivity contribution < 1.29 is 9.53 Å². The molecule has 0 saturated carbocycles. The van der Waals surface area contributed by atoms with Crippen LogP contribution in [0.3, 0.4) is 0 Å². The number of rotatable bonds is 5. The average molecular weight is 363 g/mol. The van der Waals surface area contributed by atoms with E-state index in [9.17, 15) is 4.79 Å². The van der Waals surface area contributed by atoms with Gasteiger partial charge in [0.15, 0.2) is 0 Å². The lowest BCUT2D eigenvalue weighted by atomic mass is 10.0. The molecule has 1 aromatic heterocycles. The fraction of sp³-hybridized carbons (Fsp3) is 0.318. The molecule has 140 valence electrons. The molecule has 5 nitrogen and oxygen atoms in total. The summed E-state index contributed by atoms with van der Waals surface area (Å²) in [6, 6.07) is 16.7. The number of nitrogens with zero attached hydrogens (tertiary/aromatic N) is 1. The fourth-order valence-electron chi connectivity index (χ4n) is 3.70. The predicted molar refractivity (Wildman–Crippen MR) is 107 cm³/mol. The van der Waals surface area contributed by atoms with Gasteiger partial charge in [0.25, 0.3) is 0 Å². The number of fused-ring (bicyclic) bond motifs is 1. The number of carbonyl (C=O) groups is 1. The number of piperazine rings is 1. The first-order chi connectivity index (χ1) is 13.2. The van der Waals surface area contributed by atoms with Gasteiger partial charge >= 0.3 is 0 Å². The highest BCUT2D eigenvalue weighted by molar-refractivity contribution is 5.80. The lowest BCUT2D eigenvalue weighted by molar-refractivity contribution is -0.132. The highest BCUT2D eigenvalue weighted by atomic mass is 16.5. The Kier molecular flexibility index (Phi) is 5.12. The number of methoxy groups -OCH3 is 1. The van der Waals surface area contributed by atoms with Crippen molar-refractivity contribution in [3.05, 3.63) is 65.9 Å². The molecule has 27 heavy (non-hydrogen) atoms. The van der Waals surface area contributed by atoms with Crippen LogP contribution in [0.25, 0.3) is 10.9 Å². The molecule has 2 aromatic carbocycles. The Morgan fingerprint density at radius 2 is 2.04 bits per heavy atom. The number of ether oxygens (including phenoxy) is 1. The van der Waals surface area contributed by atoms with Crippen molar-refractivity contribution in [2.75, 3.05) is 26.7 Å². The molecule has 1 saturated heterocycles. The topological polar surface area (TPSA) is 57.4 Å². The third-order valence-corrected chi connectivity index (χ3v) is 5.29. The zero-order chi connectivity index (χ0) is 18.6. The zero-order valence-corrected chi connectivity index (χ0v) is 15.6. The number of H-pyrrole nitrogens is 1. The van der Waals surface area contributed by atoms with Gasteiger partial charge in [-0.05, 0) is 53.3 Å². The molecule has 1 aliphatic heterocycles. The van der Waals surface area contributed by atoms with Gasteiger partial charge in [-0.25, -0.2) is 0 Å². The molecule has 0 aliphatic carbocycles. The van der Waals surface area contributed by atoms with E-state index >= 15 is 0 Å². The van der Waals surface area contributed by atoms with Crippen LogP contribution in [0.5, 0.6) is 5.75 Å². The van der Waals surface area contributed by atoms with Gasteiger partial charge in [0.2, 0.25) is 5.91 Å². The van der Waals surface area contributed by atoms with Crippen LogP contribution in [0.1, 0.15) is 23.6 Å². The van der Waals surface area contributed by atoms with Gasteiger partial charge in [0, 0.05) is 43.8 Å². The Morgan fingerprint density at radius 3 is 2.85 bits per heavy atom. The van der Waals surface area contributed by atoms with Gasteiger partial charge < -0.3 is 19.9 Å². The highest BCUT2D eigenvalue weighted by Gasteiger charge is 2.24. The van der Waals surface area contributed by atoms with E-state index in [0.29, 0.717) is 13.0 Å². The molecule has 1 unspecified atom stereocenters. The zero-order valence-electron chi connectivity index (χ0n) is 15.6. The average Bonchev–Trinajstić information content (AvgIpc) is 3.20. The van der Waals surface area contributed by atoms with Crippen LogP contribution >= 0.6 is 0 Å². The number of aryl methyl sites for hydroxylation is 1. The lowest BCUT2D eigenvalue weighted by Crippen LogP contribution is -2.48. The SMILES string of the molecule is COc1ccc(C2CN(C(=O)CCc3ccc4[nH]ccc4c3)CCN2)cc1. The number of carbonyl (C=O) groups excluding carboxylic acids is 1. The van der Waals surface area contributed by atoms with E-state index < -0.39 is 0 Å². The molecule has 1 amide bonds. The van der Waals surface area contributed by atoms with E-state index in [1.165, 1.54) is 16.5 Å². The third kappa shape index (κ3) is 3.98. The van der Waals surface area contributed by atoms with E-state index in [1.54, 1.807) is 7.11 Å². The van der Waals surface area contributed by atoms with E-state index in [1.807, 2.05) is 23.2 Å². The van der Waals surface area contributed by atoms with E-state index in [4.69, 9.17) is 4.74 Å². The van der Waals surface area contributed by atoms with Crippen LogP contribution < -0.4 is 10.1 Å². The second-order valence-corrected chi connectivity index (χ2v) is 7.02. The number of hydrogen-bond donors (Lipinski definition) is 2. The first-order valence-electron chi connectivity index (χ1n) is 9.44. The predicted octanol–water partition coefficient (Wildman–Crippen LogP) is 3.28. The van der Waals surface area contributed by atoms with Crippen molar-refractivity contribution in [1.29, 1.82) is 0 Å². The number of amides is 1. The van der Waals surface area contributed by atoms with E-state index in [2.05, 4.69) is 46.7 Å². The Hall–Kier alpha value is -2.79. The molecular weight excluding hydrogens is 338 g/mol. The van der Waals surface area contributed by atoms with Crippen molar-refractivity contribution in [1.82, 2.24) is 15.2 Å². The Labute approximate surface area is 159 Å². The minimum absolute atomic E-state index is 0.171. The Morgan fingerprint density at radius 1 is 1.19 bits per heavy atom. The van der Waals surface area contributed by atoms with Gasteiger partial charge in [-0.3, -0.25) is 4.79 Å². The first kappa shape index (κ1) is 17.6. The van der Waals surface area contributed by atoms with Crippen LogP contribution in [0.4, 0.5) is 0 Å². The lowest BCUT2D eigenvalue weighted by Gasteiger charge is -2.34. The summed E-state index contributed by atoms with van der Waals surface area (Å²) in [7, 11) is 1.67. The summed E-state index contributed by atoms with van der Waals surface area (Å²) >= 11 is 0. The number of benzene rings is 2. The van der Waals surface area contributed by atoms with Crippen molar-refractivity contribution in [3.8, 4) is 5.75 Å². The van der Waals surface area contributed by atoms with Crippen LogP contribution in [-0.4, -0.2) is 42.5 Å². The molecule has 2 heterocycles. The molecule has 1 aliphatic rings. The molecule has 1 fully saturated rings. The molecule has 0 radical (unpaired) electrons. The summed E-state index contributed by atoms with van der Waals surface area (Å²) in [6.07, 6.45) is 3.27. The Balaban J connectivity index is 1.36. The normalized spacial score (nSPS) is 17.2. The maximum absolute atomic E-state index is 12.7. The maximum Gasteiger partial charge on any atom is 0.223 e. The Bertz CT molecular complexity index is 917. The second-order valence-electron chi connectivity index (χ2n) is 7.02. The molecule has 2 N–H and O–H groups in total. The summed E-state index contributed by atoms with van der Waals surface area (Å²) in [5.41, 5.74) is 3.53. The summed E-state index contributed by atoms with van der Waals surface area (Å²) in [6.45, 7) is 2.29. The standard InChI is InChI=1S/C22H25N3O2/c1-27-19-6-4-17(5-7-19)21-15-25(13-12-24-21)22(26)9-3-16-2-8-20-18(14-16)10-11-23-20/h2,4-8,10-11,14,21,23-24H,3,9,12-13,15H2,1H3. The summed E-state index contributed by atoms with van der Waals surface area (Å²) in [5.74, 6) is 1.08. The maximum atomic E-state index is 12.7. The summed E-state index contributed by atoms with van der Waals surface area (Å²) < 4.78 is 5.22. The van der Waals surface area contributed by atoms with Crippen LogP contribution in [0.2, 0.25) is 0 Å².